The van der Waals surface area contributed by atoms with E-state index in [1.165, 1.54) is 9.25 Å². The van der Waals surface area contributed by atoms with Gasteiger partial charge in [-0.15, -0.1) is 0 Å². The van der Waals surface area contributed by atoms with E-state index in [4.69, 9.17) is 4.42 Å². The second-order valence-corrected chi connectivity index (χ2v) is 6.66. The van der Waals surface area contributed by atoms with Crippen molar-refractivity contribution in [2.75, 3.05) is 6.54 Å². The lowest BCUT2D eigenvalue weighted by Crippen LogP contribution is -2.35. The third kappa shape index (κ3) is 3.55. The molecule has 1 N–H and O–H groups in total. The number of carbonyl (C=O) groups excluding carboxylic acids is 1. The summed E-state index contributed by atoms with van der Waals surface area (Å²) in [6.45, 7) is 0.413. The first-order valence-corrected chi connectivity index (χ1v) is 9.07. The summed E-state index contributed by atoms with van der Waals surface area (Å²) in [5, 5.41) is 7.15. The van der Waals surface area contributed by atoms with Gasteiger partial charge in [0.05, 0.1) is 17.8 Å². The number of hydrogen-bond donors (Lipinski definition) is 1. The van der Waals surface area contributed by atoms with Crippen molar-refractivity contribution in [3.63, 3.8) is 0 Å². The van der Waals surface area contributed by atoms with Crippen LogP contribution in [0.5, 0.6) is 0 Å². The standard InChI is InChI=1S/C19H20N4O4/c24-17(12-22-15-7-3-4-8-16(15)27-19(22)26)20-9-10-23-18(25)11-13-5-1-2-6-14(13)21-23/h3-4,7-8,11H,1-2,5-6,9-10,12H2,(H,20,24). The van der Waals surface area contributed by atoms with E-state index in [-0.39, 0.29) is 24.6 Å². The Morgan fingerprint density at radius 3 is 2.89 bits per heavy atom. The highest BCUT2D eigenvalue weighted by atomic mass is 16.4. The number of carbonyl (C=O) groups is 1. The topological polar surface area (TPSA) is 99.1 Å². The van der Waals surface area contributed by atoms with Crippen molar-refractivity contribution in [3.05, 3.63) is 62.5 Å². The van der Waals surface area contributed by atoms with Crippen molar-refractivity contribution in [1.29, 1.82) is 0 Å². The third-order valence-corrected chi connectivity index (χ3v) is 4.80. The number of benzene rings is 1. The fourth-order valence-electron chi connectivity index (χ4n) is 3.43. The smallest absolute Gasteiger partial charge is 0.408 e. The van der Waals surface area contributed by atoms with Gasteiger partial charge in [-0.2, -0.15) is 5.10 Å². The number of para-hydroxylation sites is 2. The van der Waals surface area contributed by atoms with Gasteiger partial charge in [0, 0.05) is 12.6 Å². The van der Waals surface area contributed by atoms with E-state index < -0.39 is 5.76 Å². The van der Waals surface area contributed by atoms with Gasteiger partial charge in [0.25, 0.3) is 5.56 Å². The van der Waals surface area contributed by atoms with Gasteiger partial charge in [0.2, 0.25) is 5.91 Å². The highest BCUT2D eigenvalue weighted by Gasteiger charge is 2.14. The molecule has 8 heteroatoms. The van der Waals surface area contributed by atoms with Crippen LogP contribution in [-0.2, 0) is 30.7 Å². The summed E-state index contributed by atoms with van der Waals surface area (Å²) in [7, 11) is 0. The van der Waals surface area contributed by atoms with Crippen LogP contribution in [0.3, 0.4) is 0 Å². The summed E-state index contributed by atoms with van der Waals surface area (Å²) in [6, 6.07) is 8.60. The zero-order valence-electron chi connectivity index (χ0n) is 14.8. The van der Waals surface area contributed by atoms with Crippen LogP contribution in [-0.4, -0.2) is 26.8 Å². The zero-order chi connectivity index (χ0) is 18.8. The molecule has 1 amide bonds. The maximum atomic E-state index is 12.2. The Balaban J connectivity index is 1.39. The van der Waals surface area contributed by atoms with Crippen LogP contribution in [0.15, 0.2) is 44.3 Å². The number of rotatable bonds is 5. The number of oxazole rings is 1. The summed E-state index contributed by atoms with van der Waals surface area (Å²) < 4.78 is 7.79. The predicted molar refractivity (Wildman–Crippen MR) is 98.6 cm³/mol. The van der Waals surface area contributed by atoms with Gasteiger partial charge in [-0.25, -0.2) is 9.48 Å². The van der Waals surface area contributed by atoms with Crippen LogP contribution in [0.25, 0.3) is 11.1 Å². The quantitative estimate of drug-likeness (QED) is 0.720. The number of aryl methyl sites for hydroxylation is 2. The minimum atomic E-state index is -0.570. The summed E-state index contributed by atoms with van der Waals surface area (Å²) >= 11 is 0. The van der Waals surface area contributed by atoms with E-state index >= 15 is 0 Å². The van der Waals surface area contributed by atoms with E-state index in [9.17, 15) is 14.4 Å². The number of nitrogens with one attached hydrogen (secondary N) is 1. The molecule has 1 aliphatic carbocycles. The number of aromatic nitrogens is 3. The molecule has 0 spiro atoms. The van der Waals surface area contributed by atoms with Crippen molar-refractivity contribution in [1.82, 2.24) is 19.7 Å². The van der Waals surface area contributed by atoms with E-state index in [1.54, 1.807) is 30.3 Å². The van der Waals surface area contributed by atoms with Crippen molar-refractivity contribution in [3.8, 4) is 0 Å². The van der Waals surface area contributed by atoms with Gasteiger partial charge in [-0.1, -0.05) is 12.1 Å². The molecule has 0 atom stereocenters. The van der Waals surface area contributed by atoms with Gasteiger partial charge in [0.1, 0.15) is 6.54 Å². The Morgan fingerprint density at radius 1 is 1.19 bits per heavy atom. The van der Waals surface area contributed by atoms with Crippen LogP contribution in [0.4, 0.5) is 0 Å². The molecule has 4 rings (SSSR count). The molecule has 0 saturated heterocycles. The zero-order valence-corrected chi connectivity index (χ0v) is 14.8. The van der Waals surface area contributed by atoms with E-state index in [1.807, 2.05) is 0 Å². The number of hydrogen-bond acceptors (Lipinski definition) is 5. The summed E-state index contributed by atoms with van der Waals surface area (Å²) in [4.78, 5) is 36.2. The predicted octanol–water partition coefficient (Wildman–Crippen LogP) is 0.846. The monoisotopic (exact) mass is 368 g/mol. The second-order valence-electron chi connectivity index (χ2n) is 6.66. The SMILES string of the molecule is O=C(Cn1c(=O)oc2ccccc21)NCCn1nc2c(cc1=O)CCCC2. The average Bonchev–Trinajstić information content (AvgIpc) is 2.97. The minimum absolute atomic E-state index is 0.137. The lowest BCUT2D eigenvalue weighted by Gasteiger charge is -2.16. The van der Waals surface area contributed by atoms with Gasteiger partial charge in [-0.05, 0) is 43.4 Å². The number of amides is 1. The Hall–Kier alpha value is -3.16. The molecule has 8 nitrogen and oxygen atoms in total. The lowest BCUT2D eigenvalue weighted by atomic mass is 9.97. The molecule has 0 radical (unpaired) electrons. The van der Waals surface area contributed by atoms with Crippen LogP contribution < -0.4 is 16.6 Å². The molecule has 2 aromatic heterocycles. The molecule has 1 aliphatic rings. The van der Waals surface area contributed by atoms with Crippen molar-refractivity contribution in [2.45, 2.75) is 38.8 Å². The largest absolute Gasteiger partial charge is 0.420 e. The number of nitrogens with zero attached hydrogens (tertiary/aromatic N) is 3. The highest BCUT2D eigenvalue weighted by Crippen LogP contribution is 2.16. The van der Waals surface area contributed by atoms with Gasteiger partial charge in [0.15, 0.2) is 5.58 Å². The first-order valence-electron chi connectivity index (χ1n) is 9.07. The van der Waals surface area contributed by atoms with Gasteiger partial charge >= 0.3 is 5.76 Å². The van der Waals surface area contributed by atoms with Crippen molar-refractivity contribution < 1.29 is 9.21 Å². The summed E-state index contributed by atoms with van der Waals surface area (Å²) in [5.41, 5.74) is 2.88. The van der Waals surface area contributed by atoms with Crippen molar-refractivity contribution >= 4 is 17.0 Å². The molecule has 140 valence electrons. The molecule has 0 fully saturated rings. The molecule has 0 unspecified atom stereocenters. The van der Waals surface area contributed by atoms with Crippen LogP contribution in [0.2, 0.25) is 0 Å². The molecule has 2 heterocycles. The second kappa shape index (κ2) is 7.22. The molecule has 0 aliphatic heterocycles. The Labute approximate surface area is 154 Å². The van der Waals surface area contributed by atoms with Crippen molar-refractivity contribution in [2.24, 2.45) is 0 Å². The van der Waals surface area contributed by atoms with E-state index in [0.717, 1.165) is 36.9 Å². The third-order valence-electron chi connectivity index (χ3n) is 4.80. The minimum Gasteiger partial charge on any atom is -0.408 e. The first-order chi connectivity index (χ1) is 13.1. The van der Waals surface area contributed by atoms with E-state index in [2.05, 4.69) is 10.4 Å². The van der Waals surface area contributed by atoms with Crippen LogP contribution in [0, 0.1) is 0 Å². The molecule has 27 heavy (non-hydrogen) atoms. The molecule has 3 aromatic rings. The van der Waals surface area contributed by atoms with E-state index in [0.29, 0.717) is 17.6 Å². The average molecular weight is 368 g/mol. The lowest BCUT2D eigenvalue weighted by molar-refractivity contribution is -0.121. The molecule has 1 aromatic carbocycles. The molecule has 0 saturated carbocycles. The molecule has 0 bridgehead atoms. The van der Waals surface area contributed by atoms with Gasteiger partial charge in [-0.3, -0.25) is 14.2 Å². The Bertz CT molecular complexity index is 1110. The van der Waals surface area contributed by atoms with Crippen LogP contribution >= 0.6 is 0 Å². The maximum absolute atomic E-state index is 12.2. The molecular weight excluding hydrogens is 348 g/mol. The fourth-order valence-corrected chi connectivity index (χ4v) is 3.43. The Kier molecular flexibility index (Phi) is 4.62. The maximum Gasteiger partial charge on any atom is 0.420 e. The number of fused-ring (bicyclic) bond motifs is 2. The van der Waals surface area contributed by atoms with Gasteiger partial charge < -0.3 is 9.73 Å². The summed E-state index contributed by atoms with van der Waals surface area (Å²) in [6.07, 6.45) is 3.97. The normalized spacial score (nSPS) is 13.5. The Morgan fingerprint density at radius 2 is 2.00 bits per heavy atom. The first kappa shape index (κ1) is 17.3. The fraction of sp³-hybridized carbons (Fsp3) is 0.368. The molecular formula is C19H20N4O4. The highest BCUT2D eigenvalue weighted by molar-refractivity contribution is 5.79. The summed E-state index contributed by atoms with van der Waals surface area (Å²) in [5.74, 6) is -0.895. The van der Waals surface area contributed by atoms with Crippen LogP contribution in [0.1, 0.15) is 24.1 Å².